The fourth-order valence-corrected chi connectivity index (χ4v) is 2.32. The van der Waals surface area contributed by atoms with E-state index in [2.05, 4.69) is 12.2 Å². The van der Waals surface area contributed by atoms with Gasteiger partial charge in [0, 0.05) is 6.54 Å². The van der Waals surface area contributed by atoms with Crippen molar-refractivity contribution in [2.45, 2.75) is 58.0 Å². The van der Waals surface area contributed by atoms with Crippen LogP contribution in [-0.4, -0.2) is 23.8 Å². The molecule has 0 bridgehead atoms. The highest BCUT2D eigenvalue weighted by Crippen LogP contribution is 2.28. The van der Waals surface area contributed by atoms with Crippen LogP contribution in [0.4, 0.5) is 0 Å². The van der Waals surface area contributed by atoms with E-state index in [4.69, 9.17) is 0 Å². The number of rotatable bonds is 5. The Morgan fingerprint density at radius 2 is 2.21 bits per heavy atom. The van der Waals surface area contributed by atoms with Gasteiger partial charge < -0.3 is 10.4 Å². The Bertz CT molecular complexity index is 150. The highest BCUT2D eigenvalue weighted by atomic mass is 16.3. The number of piperidine rings is 1. The van der Waals surface area contributed by atoms with Crippen molar-refractivity contribution in [3.63, 3.8) is 0 Å². The summed E-state index contributed by atoms with van der Waals surface area (Å²) in [5.74, 6) is 0.466. The van der Waals surface area contributed by atoms with E-state index in [1.807, 2.05) is 6.92 Å². The molecule has 2 N–H and O–H groups in total. The van der Waals surface area contributed by atoms with Gasteiger partial charge in [-0.3, -0.25) is 0 Å². The molecular formula is C12H25NO. The standard InChI is InChI=1S/C12H25NO/c1-3-4-5-8-12(2,14)11-7-6-9-13-10-11/h11,13-14H,3-10H2,1-2H3. The lowest BCUT2D eigenvalue weighted by molar-refractivity contribution is -0.0198. The maximum atomic E-state index is 10.3. The van der Waals surface area contributed by atoms with Crippen LogP contribution in [0.5, 0.6) is 0 Å². The molecule has 1 aliphatic rings. The summed E-state index contributed by atoms with van der Waals surface area (Å²) in [5, 5.41) is 13.7. The van der Waals surface area contributed by atoms with Crippen LogP contribution < -0.4 is 5.32 Å². The lowest BCUT2D eigenvalue weighted by Gasteiger charge is -2.36. The van der Waals surface area contributed by atoms with Crippen molar-refractivity contribution in [2.24, 2.45) is 5.92 Å². The molecule has 14 heavy (non-hydrogen) atoms. The molecule has 0 aromatic rings. The molecule has 0 amide bonds. The van der Waals surface area contributed by atoms with Crippen LogP contribution in [0.25, 0.3) is 0 Å². The van der Waals surface area contributed by atoms with E-state index in [0.717, 1.165) is 19.5 Å². The first-order valence-corrected chi connectivity index (χ1v) is 6.10. The Morgan fingerprint density at radius 3 is 2.79 bits per heavy atom. The average molecular weight is 199 g/mol. The van der Waals surface area contributed by atoms with Crippen LogP contribution in [0.15, 0.2) is 0 Å². The zero-order valence-corrected chi connectivity index (χ0v) is 9.68. The number of nitrogens with one attached hydrogen (secondary N) is 1. The third-order valence-electron chi connectivity index (χ3n) is 3.46. The van der Waals surface area contributed by atoms with Crippen molar-refractivity contribution in [1.82, 2.24) is 5.32 Å². The van der Waals surface area contributed by atoms with Crippen LogP contribution in [0, 0.1) is 5.92 Å². The largest absolute Gasteiger partial charge is 0.390 e. The molecule has 0 spiro atoms. The molecule has 1 heterocycles. The van der Waals surface area contributed by atoms with Gasteiger partial charge in [-0.1, -0.05) is 26.2 Å². The molecule has 0 radical (unpaired) electrons. The van der Waals surface area contributed by atoms with Crippen LogP contribution in [0.3, 0.4) is 0 Å². The second-order valence-electron chi connectivity index (χ2n) is 4.86. The van der Waals surface area contributed by atoms with Crippen LogP contribution in [0.2, 0.25) is 0 Å². The molecule has 1 rings (SSSR count). The first kappa shape index (κ1) is 12.0. The molecule has 0 aromatic carbocycles. The number of aliphatic hydroxyl groups is 1. The van der Waals surface area contributed by atoms with Crippen LogP contribution in [0.1, 0.15) is 52.4 Å². The van der Waals surface area contributed by atoms with Gasteiger partial charge >= 0.3 is 0 Å². The molecule has 0 saturated carbocycles. The Labute approximate surface area is 88.1 Å². The number of hydrogen-bond donors (Lipinski definition) is 2. The van der Waals surface area contributed by atoms with Gasteiger partial charge in [0.25, 0.3) is 0 Å². The van der Waals surface area contributed by atoms with Crippen molar-refractivity contribution in [1.29, 1.82) is 0 Å². The van der Waals surface area contributed by atoms with Gasteiger partial charge in [-0.05, 0) is 38.6 Å². The van der Waals surface area contributed by atoms with Gasteiger partial charge in [-0.2, -0.15) is 0 Å². The summed E-state index contributed by atoms with van der Waals surface area (Å²) in [7, 11) is 0. The third-order valence-corrected chi connectivity index (χ3v) is 3.46. The SMILES string of the molecule is CCCCCC(C)(O)C1CCCNC1. The molecule has 1 saturated heterocycles. The quantitative estimate of drug-likeness (QED) is 0.666. The van der Waals surface area contributed by atoms with Gasteiger partial charge in [0.15, 0.2) is 0 Å². The second-order valence-corrected chi connectivity index (χ2v) is 4.86. The van der Waals surface area contributed by atoms with Crippen molar-refractivity contribution in [2.75, 3.05) is 13.1 Å². The molecule has 0 aromatic heterocycles. The van der Waals surface area contributed by atoms with E-state index in [-0.39, 0.29) is 0 Å². The minimum Gasteiger partial charge on any atom is -0.390 e. The summed E-state index contributed by atoms with van der Waals surface area (Å²) in [6, 6.07) is 0. The minimum absolute atomic E-state index is 0.442. The van der Waals surface area contributed by atoms with Crippen molar-refractivity contribution in [3.8, 4) is 0 Å². The van der Waals surface area contributed by atoms with Gasteiger partial charge in [0.05, 0.1) is 5.60 Å². The van der Waals surface area contributed by atoms with Gasteiger partial charge in [0.2, 0.25) is 0 Å². The fourth-order valence-electron chi connectivity index (χ4n) is 2.32. The van der Waals surface area contributed by atoms with Gasteiger partial charge in [-0.15, -0.1) is 0 Å². The number of unbranched alkanes of at least 4 members (excludes halogenated alkanes) is 2. The zero-order valence-electron chi connectivity index (χ0n) is 9.68. The summed E-state index contributed by atoms with van der Waals surface area (Å²) in [4.78, 5) is 0. The lowest BCUT2D eigenvalue weighted by Crippen LogP contribution is -2.44. The van der Waals surface area contributed by atoms with E-state index < -0.39 is 5.60 Å². The minimum atomic E-state index is -0.442. The van der Waals surface area contributed by atoms with Gasteiger partial charge in [-0.25, -0.2) is 0 Å². The highest BCUT2D eigenvalue weighted by molar-refractivity contribution is 4.85. The van der Waals surface area contributed by atoms with Crippen LogP contribution >= 0.6 is 0 Å². The predicted octanol–water partition coefficient (Wildman–Crippen LogP) is 2.32. The van der Waals surface area contributed by atoms with Gasteiger partial charge in [0.1, 0.15) is 0 Å². The summed E-state index contributed by atoms with van der Waals surface area (Å²) in [6.45, 7) is 6.35. The van der Waals surface area contributed by atoms with E-state index in [9.17, 15) is 5.11 Å². The number of hydrogen-bond acceptors (Lipinski definition) is 2. The molecule has 2 unspecified atom stereocenters. The topological polar surface area (TPSA) is 32.3 Å². The molecule has 1 fully saturated rings. The first-order valence-electron chi connectivity index (χ1n) is 6.10. The monoisotopic (exact) mass is 199 g/mol. The molecule has 2 heteroatoms. The van der Waals surface area contributed by atoms with Crippen molar-refractivity contribution in [3.05, 3.63) is 0 Å². The average Bonchev–Trinajstić information content (AvgIpc) is 2.19. The molecule has 84 valence electrons. The second kappa shape index (κ2) is 5.72. The van der Waals surface area contributed by atoms with Crippen LogP contribution in [-0.2, 0) is 0 Å². The molecule has 2 nitrogen and oxygen atoms in total. The maximum Gasteiger partial charge on any atom is 0.0659 e. The Kier molecular flexibility index (Phi) is 4.90. The van der Waals surface area contributed by atoms with Crippen molar-refractivity contribution < 1.29 is 5.11 Å². The van der Waals surface area contributed by atoms with E-state index in [1.54, 1.807) is 0 Å². The Morgan fingerprint density at radius 1 is 1.43 bits per heavy atom. The fraction of sp³-hybridized carbons (Fsp3) is 1.00. The van der Waals surface area contributed by atoms with Crippen molar-refractivity contribution >= 4 is 0 Å². The van der Waals surface area contributed by atoms with E-state index in [0.29, 0.717) is 5.92 Å². The summed E-state index contributed by atoms with van der Waals surface area (Å²) in [6.07, 6.45) is 7.02. The third kappa shape index (κ3) is 3.58. The van der Waals surface area contributed by atoms with E-state index in [1.165, 1.54) is 32.1 Å². The summed E-state index contributed by atoms with van der Waals surface area (Å²) >= 11 is 0. The lowest BCUT2D eigenvalue weighted by atomic mass is 9.80. The first-order chi connectivity index (χ1) is 6.67. The molecule has 1 aliphatic heterocycles. The molecule has 2 atom stereocenters. The molecule has 0 aliphatic carbocycles. The Hall–Kier alpha value is -0.0800. The maximum absolute atomic E-state index is 10.3. The zero-order chi connectivity index (χ0) is 10.4. The summed E-state index contributed by atoms with van der Waals surface area (Å²) < 4.78 is 0. The highest BCUT2D eigenvalue weighted by Gasteiger charge is 2.31. The Balaban J connectivity index is 2.29. The van der Waals surface area contributed by atoms with E-state index >= 15 is 0 Å². The smallest absolute Gasteiger partial charge is 0.0659 e. The molecular weight excluding hydrogens is 174 g/mol. The predicted molar refractivity (Wildman–Crippen MR) is 60.4 cm³/mol. The summed E-state index contributed by atoms with van der Waals surface area (Å²) in [5.41, 5.74) is -0.442. The normalized spacial score (nSPS) is 27.2.